The Hall–Kier alpha value is -3.77. The molecule has 3 aromatic carbocycles. The number of rotatable bonds is 5. The monoisotopic (exact) mass is 441 g/mol. The molecule has 0 spiro atoms. The molecule has 2 aliphatic heterocycles. The number of carbonyl (C=O) groups excluding carboxylic acids is 2. The van der Waals surface area contributed by atoms with Crippen LogP contribution in [0.3, 0.4) is 0 Å². The summed E-state index contributed by atoms with van der Waals surface area (Å²) in [6.07, 6.45) is 4.16. The minimum absolute atomic E-state index is 0.317. The summed E-state index contributed by atoms with van der Waals surface area (Å²) in [4.78, 5) is 27.4. The molecule has 0 saturated carbocycles. The molecule has 33 heavy (non-hydrogen) atoms. The van der Waals surface area contributed by atoms with Crippen LogP contribution < -0.4 is 10.6 Å². The summed E-state index contributed by atoms with van der Waals surface area (Å²) in [6.45, 7) is 3.25. The number of halogens is 1. The highest BCUT2D eigenvalue weighted by Crippen LogP contribution is 2.30. The van der Waals surface area contributed by atoms with Crippen LogP contribution in [0.2, 0.25) is 0 Å². The van der Waals surface area contributed by atoms with Crippen LogP contribution in [0.1, 0.15) is 34.3 Å². The minimum Gasteiger partial charge on any atom is -0.361 e. The summed E-state index contributed by atoms with van der Waals surface area (Å²) in [5.74, 6) is -1.20. The Kier molecular flexibility index (Phi) is 5.75. The number of hydrogen-bond donors (Lipinski definition) is 2. The average molecular weight is 442 g/mol. The smallest absolute Gasteiger partial charge is 0.260 e. The third-order valence-corrected chi connectivity index (χ3v) is 6.15. The SMILES string of the molecule is O=C1NC(=O)c2ccc(-c3ccc(F)cc3)cc2C1=CNc1ccc(CN2CCCC2)cc1. The molecule has 2 N–H and O–H groups in total. The Bertz CT molecular complexity index is 1230. The van der Waals surface area contributed by atoms with Crippen LogP contribution in [-0.2, 0) is 11.3 Å². The van der Waals surface area contributed by atoms with E-state index in [-0.39, 0.29) is 5.82 Å². The van der Waals surface area contributed by atoms with Crippen molar-refractivity contribution in [3.05, 3.63) is 95.4 Å². The lowest BCUT2D eigenvalue weighted by molar-refractivity contribution is -0.114. The third kappa shape index (κ3) is 4.56. The van der Waals surface area contributed by atoms with E-state index in [9.17, 15) is 14.0 Å². The van der Waals surface area contributed by atoms with Crippen molar-refractivity contribution in [1.29, 1.82) is 0 Å². The van der Waals surface area contributed by atoms with E-state index in [1.54, 1.807) is 36.5 Å². The fraction of sp³-hybridized carbons (Fsp3) is 0.185. The van der Waals surface area contributed by atoms with Gasteiger partial charge in [0.2, 0.25) is 0 Å². The molecule has 2 aliphatic rings. The molecule has 0 aromatic heterocycles. The molecule has 5 nitrogen and oxygen atoms in total. The van der Waals surface area contributed by atoms with E-state index >= 15 is 0 Å². The molecule has 0 atom stereocenters. The van der Waals surface area contributed by atoms with Gasteiger partial charge in [0.05, 0.1) is 5.57 Å². The van der Waals surface area contributed by atoms with E-state index in [4.69, 9.17) is 0 Å². The molecule has 166 valence electrons. The zero-order valence-electron chi connectivity index (χ0n) is 18.1. The number of imide groups is 1. The van der Waals surface area contributed by atoms with Gasteiger partial charge in [-0.15, -0.1) is 0 Å². The molecule has 1 fully saturated rings. The Morgan fingerprint density at radius 2 is 1.55 bits per heavy atom. The van der Waals surface area contributed by atoms with Gasteiger partial charge in [-0.3, -0.25) is 19.8 Å². The van der Waals surface area contributed by atoms with Gasteiger partial charge in [-0.1, -0.05) is 30.3 Å². The van der Waals surface area contributed by atoms with Gasteiger partial charge in [-0.25, -0.2) is 4.39 Å². The maximum Gasteiger partial charge on any atom is 0.260 e. The molecule has 2 amide bonds. The summed E-state index contributed by atoms with van der Waals surface area (Å²) in [7, 11) is 0. The average Bonchev–Trinajstić information content (AvgIpc) is 3.33. The van der Waals surface area contributed by atoms with Crippen LogP contribution in [0.4, 0.5) is 10.1 Å². The molecule has 0 radical (unpaired) electrons. The van der Waals surface area contributed by atoms with E-state index in [1.807, 2.05) is 12.1 Å². The first-order chi connectivity index (χ1) is 16.1. The highest BCUT2D eigenvalue weighted by molar-refractivity contribution is 6.31. The van der Waals surface area contributed by atoms with E-state index in [2.05, 4.69) is 27.7 Å². The lowest BCUT2D eigenvalue weighted by Gasteiger charge is -2.19. The molecule has 1 saturated heterocycles. The van der Waals surface area contributed by atoms with Crippen molar-refractivity contribution in [2.24, 2.45) is 0 Å². The Labute approximate surface area is 191 Å². The quantitative estimate of drug-likeness (QED) is 0.441. The maximum atomic E-state index is 13.3. The molecule has 2 heterocycles. The molecule has 0 bridgehead atoms. The lowest BCUT2D eigenvalue weighted by atomic mass is 9.91. The van der Waals surface area contributed by atoms with Gasteiger partial charge in [0.15, 0.2) is 0 Å². The molecule has 0 unspecified atom stereocenters. The summed E-state index contributed by atoms with van der Waals surface area (Å²) in [5, 5.41) is 5.59. The van der Waals surface area contributed by atoms with Crippen LogP contribution in [0.25, 0.3) is 16.7 Å². The highest BCUT2D eigenvalue weighted by Gasteiger charge is 2.27. The molecule has 5 rings (SSSR count). The van der Waals surface area contributed by atoms with Crippen molar-refractivity contribution in [1.82, 2.24) is 10.2 Å². The van der Waals surface area contributed by atoms with Crippen LogP contribution in [0.15, 0.2) is 72.9 Å². The van der Waals surface area contributed by atoms with Gasteiger partial charge in [0.25, 0.3) is 11.8 Å². The van der Waals surface area contributed by atoms with Crippen LogP contribution in [-0.4, -0.2) is 29.8 Å². The summed E-state index contributed by atoms with van der Waals surface area (Å²) in [6, 6.07) is 19.6. The fourth-order valence-electron chi connectivity index (χ4n) is 4.35. The van der Waals surface area contributed by atoms with Gasteiger partial charge in [0, 0.05) is 29.6 Å². The number of fused-ring (bicyclic) bond motifs is 1. The number of amides is 2. The van der Waals surface area contributed by atoms with Crippen molar-refractivity contribution in [2.75, 3.05) is 18.4 Å². The molecular formula is C27H24FN3O2. The first-order valence-corrected chi connectivity index (χ1v) is 11.1. The number of benzene rings is 3. The predicted molar refractivity (Wildman–Crippen MR) is 127 cm³/mol. The van der Waals surface area contributed by atoms with Gasteiger partial charge >= 0.3 is 0 Å². The maximum absolute atomic E-state index is 13.3. The van der Waals surface area contributed by atoms with Gasteiger partial charge < -0.3 is 5.32 Å². The second-order valence-electron chi connectivity index (χ2n) is 8.43. The Balaban J connectivity index is 1.40. The van der Waals surface area contributed by atoms with E-state index < -0.39 is 11.8 Å². The topological polar surface area (TPSA) is 61.4 Å². The first kappa shape index (κ1) is 21.1. The van der Waals surface area contributed by atoms with Crippen molar-refractivity contribution in [3.8, 4) is 11.1 Å². The zero-order valence-corrected chi connectivity index (χ0v) is 18.1. The summed E-state index contributed by atoms with van der Waals surface area (Å²) >= 11 is 0. The van der Waals surface area contributed by atoms with Gasteiger partial charge in [-0.05, 0) is 79.0 Å². The molecular weight excluding hydrogens is 417 g/mol. The molecule has 6 heteroatoms. The highest BCUT2D eigenvalue weighted by atomic mass is 19.1. The number of carbonyl (C=O) groups is 2. The fourth-order valence-corrected chi connectivity index (χ4v) is 4.35. The summed E-state index contributed by atoms with van der Waals surface area (Å²) in [5.41, 5.74) is 5.05. The lowest BCUT2D eigenvalue weighted by Crippen LogP contribution is -2.36. The van der Waals surface area contributed by atoms with Gasteiger partial charge in [-0.2, -0.15) is 0 Å². The van der Waals surface area contributed by atoms with E-state index in [0.29, 0.717) is 16.7 Å². The number of hydrogen-bond acceptors (Lipinski definition) is 4. The van der Waals surface area contributed by atoms with E-state index in [0.717, 1.165) is 36.4 Å². The zero-order chi connectivity index (χ0) is 22.8. The Morgan fingerprint density at radius 1 is 0.848 bits per heavy atom. The van der Waals surface area contributed by atoms with Crippen molar-refractivity contribution < 1.29 is 14.0 Å². The number of anilines is 1. The second-order valence-corrected chi connectivity index (χ2v) is 8.43. The Morgan fingerprint density at radius 3 is 2.27 bits per heavy atom. The number of likely N-dealkylation sites (tertiary alicyclic amines) is 1. The number of nitrogens with one attached hydrogen (secondary N) is 2. The standard InChI is InChI=1S/C27H24FN3O2/c28-21-8-5-19(6-9-21)20-7-12-23-24(15-20)25(27(33)30-26(23)32)16-29-22-10-3-18(4-11-22)17-31-13-1-2-14-31/h3-12,15-16,29H,1-2,13-14,17H2,(H,30,32,33). The minimum atomic E-state index is -0.457. The molecule has 0 aliphatic carbocycles. The van der Waals surface area contributed by atoms with Gasteiger partial charge in [0.1, 0.15) is 5.82 Å². The van der Waals surface area contributed by atoms with E-state index in [1.165, 1.54) is 30.5 Å². The first-order valence-electron chi connectivity index (χ1n) is 11.1. The van der Waals surface area contributed by atoms with Crippen molar-refractivity contribution in [2.45, 2.75) is 19.4 Å². The van der Waals surface area contributed by atoms with Crippen molar-refractivity contribution in [3.63, 3.8) is 0 Å². The predicted octanol–water partition coefficient (Wildman–Crippen LogP) is 4.81. The summed E-state index contributed by atoms with van der Waals surface area (Å²) < 4.78 is 13.3. The normalized spacial score (nSPS) is 17.2. The van der Waals surface area contributed by atoms with Crippen molar-refractivity contribution >= 4 is 23.1 Å². The largest absolute Gasteiger partial charge is 0.361 e. The number of nitrogens with zero attached hydrogens (tertiary/aromatic N) is 1. The van der Waals surface area contributed by atoms with Crippen LogP contribution >= 0.6 is 0 Å². The van der Waals surface area contributed by atoms with Crippen LogP contribution in [0, 0.1) is 5.82 Å². The second kappa shape index (κ2) is 9.00. The third-order valence-electron chi connectivity index (χ3n) is 6.15. The molecule has 3 aromatic rings. The van der Waals surface area contributed by atoms with Crippen LogP contribution in [0.5, 0.6) is 0 Å².